The minimum absolute atomic E-state index is 0.0201. The Morgan fingerprint density at radius 1 is 1.63 bits per heavy atom. The summed E-state index contributed by atoms with van der Waals surface area (Å²) in [5.41, 5.74) is 0. The van der Waals surface area contributed by atoms with E-state index in [0.29, 0.717) is 12.2 Å². The summed E-state index contributed by atoms with van der Waals surface area (Å²) in [5, 5.41) is 12.3. The van der Waals surface area contributed by atoms with E-state index in [4.69, 9.17) is 5.11 Å². The molecule has 0 saturated carbocycles. The summed E-state index contributed by atoms with van der Waals surface area (Å²) in [5.74, 6) is -0.396. The van der Waals surface area contributed by atoms with Gasteiger partial charge in [0.2, 0.25) is 10.0 Å². The first-order valence-corrected chi connectivity index (χ1v) is 8.52. The minimum Gasteiger partial charge on any atom is -0.480 e. The molecule has 108 valence electrons. The van der Waals surface area contributed by atoms with Crippen molar-refractivity contribution in [2.24, 2.45) is 0 Å². The average molecular weight is 307 g/mol. The Labute approximate surface area is 116 Å². The van der Waals surface area contributed by atoms with Gasteiger partial charge in [0.15, 0.2) is 0 Å². The van der Waals surface area contributed by atoms with Crippen LogP contribution in [0.25, 0.3) is 0 Å². The first-order valence-electron chi connectivity index (χ1n) is 5.64. The maximum atomic E-state index is 12.1. The first kappa shape index (κ1) is 16.0. The van der Waals surface area contributed by atoms with Crippen molar-refractivity contribution in [2.45, 2.75) is 30.8 Å². The smallest absolute Gasteiger partial charge is 0.325 e. The normalized spacial score (nSPS) is 13.4. The fourth-order valence-electron chi connectivity index (χ4n) is 1.43. The molecule has 9 heteroatoms. The van der Waals surface area contributed by atoms with Crippen LogP contribution in [0.2, 0.25) is 0 Å². The van der Waals surface area contributed by atoms with Crippen molar-refractivity contribution in [3.8, 4) is 0 Å². The van der Waals surface area contributed by atoms with Gasteiger partial charge < -0.3 is 5.11 Å². The van der Waals surface area contributed by atoms with Crippen LogP contribution in [-0.4, -0.2) is 47.3 Å². The molecule has 0 aliphatic rings. The number of carboxylic acids is 1. The highest BCUT2D eigenvalue weighted by atomic mass is 32.2. The van der Waals surface area contributed by atoms with Crippen molar-refractivity contribution in [1.29, 1.82) is 0 Å². The number of carboxylic acid groups (broad SMARTS) is 1. The van der Waals surface area contributed by atoms with Crippen LogP contribution >= 0.6 is 11.8 Å². The minimum atomic E-state index is -3.65. The van der Waals surface area contributed by atoms with Gasteiger partial charge in [-0.3, -0.25) is 9.48 Å². The number of rotatable bonds is 8. The van der Waals surface area contributed by atoms with Gasteiger partial charge in [-0.2, -0.15) is 16.9 Å². The van der Waals surface area contributed by atoms with E-state index in [2.05, 4.69) is 9.82 Å². The number of nitrogens with one attached hydrogen (secondary N) is 1. The van der Waals surface area contributed by atoms with E-state index in [1.807, 2.05) is 13.2 Å². The summed E-state index contributed by atoms with van der Waals surface area (Å²) >= 11 is 1.56. The number of thioether (sulfide) groups is 1. The molecular formula is C10H17N3O4S2. The predicted molar refractivity (Wildman–Crippen MR) is 72.6 cm³/mol. The van der Waals surface area contributed by atoms with Crippen LogP contribution in [0.3, 0.4) is 0 Å². The molecule has 0 bridgehead atoms. The molecule has 0 radical (unpaired) electrons. The summed E-state index contributed by atoms with van der Waals surface area (Å²) < 4.78 is 27.8. The average Bonchev–Trinajstić information content (AvgIpc) is 2.76. The second-order valence-electron chi connectivity index (χ2n) is 3.95. The first-order chi connectivity index (χ1) is 8.89. The van der Waals surface area contributed by atoms with Crippen LogP contribution in [0.4, 0.5) is 0 Å². The number of nitrogens with zero attached hydrogens (tertiary/aromatic N) is 2. The van der Waals surface area contributed by atoms with E-state index in [9.17, 15) is 13.2 Å². The summed E-state index contributed by atoms with van der Waals surface area (Å²) in [6.07, 6.45) is 4.95. The van der Waals surface area contributed by atoms with Crippen LogP contribution in [0.5, 0.6) is 0 Å². The third-order valence-corrected chi connectivity index (χ3v) is 4.61. The maximum Gasteiger partial charge on any atom is 0.325 e. The molecule has 0 aliphatic carbocycles. The van der Waals surface area contributed by atoms with Gasteiger partial charge in [-0.05, 0) is 12.7 Å². The van der Waals surface area contributed by atoms with Gasteiger partial charge in [-0.15, -0.1) is 0 Å². The highest BCUT2D eigenvalue weighted by Crippen LogP contribution is 2.10. The predicted octanol–water partition coefficient (Wildman–Crippen LogP) is 0.388. The van der Waals surface area contributed by atoms with Crippen molar-refractivity contribution in [3.63, 3.8) is 0 Å². The lowest BCUT2D eigenvalue weighted by molar-refractivity contribution is -0.137. The Morgan fingerprint density at radius 2 is 2.32 bits per heavy atom. The molecule has 0 saturated heterocycles. The van der Waals surface area contributed by atoms with Crippen LogP contribution in [0.1, 0.15) is 13.3 Å². The molecular weight excluding hydrogens is 290 g/mol. The highest BCUT2D eigenvalue weighted by molar-refractivity contribution is 7.98. The molecule has 1 atom stereocenters. The number of hydrogen-bond acceptors (Lipinski definition) is 5. The molecule has 0 aliphatic heterocycles. The third-order valence-electron chi connectivity index (χ3n) is 2.40. The monoisotopic (exact) mass is 307 g/mol. The highest BCUT2D eigenvalue weighted by Gasteiger charge is 2.20. The molecule has 0 aromatic carbocycles. The molecule has 19 heavy (non-hydrogen) atoms. The van der Waals surface area contributed by atoms with Crippen LogP contribution in [0.15, 0.2) is 17.3 Å². The van der Waals surface area contributed by atoms with E-state index in [0.717, 1.165) is 10.9 Å². The Hall–Kier alpha value is -1.06. The second-order valence-corrected chi connectivity index (χ2v) is 6.57. The zero-order valence-electron chi connectivity index (χ0n) is 10.7. The maximum absolute atomic E-state index is 12.1. The van der Waals surface area contributed by atoms with E-state index in [-0.39, 0.29) is 17.5 Å². The van der Waals surface area contributed by atoms with Crippen LogP contribution < -0.4 is 4.72 Å². The molecule has 1 aromatic rings. The van der Waals surface area contributed by atoms with Gasteiger partial charge in [0.25, 0.3) is 0 Å². The summed E-state index contributed by atoms with van der Waals surface area (Å²) in [7, 11) is -3.65. The lowest BCUT2D eigenvalue weighted by atomic mass is 10.3. The van der Waals surface area contributed by atoms with Crippen molar-refractivity contribution in [3.05, 3.63) is 12.4 Å². The number of aliphatic carboxylic acids is 1. The Kier molecular flexibility index (Phi) is 5.83. The Bertz CT molecular complexity index is 527. The van der Waals surface area contributed by atoms with E-state index >= 15 is 0 Å². The molecule has 0 spiro atoms. The fourth-order valence-corrected chi connectivity index (χ4v) is 3.53. The number of aromatic nitrogens is 2. The summed E-state index contributed by atoms with van der Waals surface area (Å²) in [6, 6.07) is -0.150. The largest absolute Gasteiger partial charge is 0.480 e. The fraction of sp³-hybridized carbons (Fsp3) is 0.600. The molecule has 2 N–H and O–H groups in total. The number of hydrogen-bond donors (Lipinski definition) is 2. The SMILES string of the molecule is CCC(CSC)NS(=O)(=O)c1cnn(CC(=O)O)c1. The van der Waals surface area contributed by atoms with Crippen LogP contribution in [0, 0.1) is 0 Å². The topological polar surface area (TPSA) is 101 Å². The lowest BCUT2D eigenvalue weighted by Gasteiger charge is -2.14. The van der Waals surface area contributed by atoms with Gasteiger partial charge in [0.1, 0.15) is 11.4 Å². The molecule has 0 fully saturated rings. The van der Waals surface area contributed by atoms with Crippen molar-refractivity contribution >= 4 is 27.8 Å². The van der Waals surface area contributed by atoms with Crippen molar-refractivity contribution < 1.29 is 18.3 Å². The standard InChI is InChI=1S/C10H17N3O4S2/c1-3-8(7-18-2)12-19(16,17)9-4-11-13(5-9)6-10(14)15/h4-5,8,12H,3,6-7H2,1-2H3,(H,14,15). The van der Waals surface area contributed by atoms with Gasteiger partial charge in [0.05, 0.1) is 6.20 Å². The van der Waals surface area contributed by atoms with Gasteiger partial charge in [-0.25, -0.2) is 13.1 Å². The molecule has 1 rings (SSSR count). The Balaban J connectivity index is 2.82. The molecule has 1 aromatic heterocycles. The molecule has 1 heterocycles. The number of sulfonamides is 1. The zero-order chi connectivity index (χ0) is 14.5. The van der Waals surface area contributed by atoms with Crippen molar-refractivity contribution in [1.82, 2.24) is 14.5 Å². The van der Waals surface area contributed by atoms with E-state index in [1.165, 1.54) is 6.20 Å². The van der Waals surface area contributed by atoms with Gasteiger partial charge in [-0.1, -0.05) is 6.92 Å². The Morgan fingerprint density at radius 3 is 2.84 bits per heavy atom. The van der Waals surface area contributed by atoms with Gasteiger partial charge >= 0.3 is 5.97 Å². The van der Waals surface area contributed by atoms with E-state index in [1.54, 1.807) is 11.8 Å². The zero-order valence-corrected chi connectivity index (χ0v) is 12.4. The second kappa shape index (κ2) is 6.92. The lowest BCUT2D eigenvalue weighted by Crippen LogP contribution is -2.35. The quantitative estimate of drug-likeness (QED) is 0.720. The van der Waals surface area contributed by atoms with Gasteiger partial charge in [0, 0.05) is 18.0 Å². The summed E-state index contributed by atoms with van der Waals surface area (Å²) in [4.78, 5) is 10.5. The number of carbonyl (C=O) groups is 1. The molecule has 7 nitrogen and oxygen atoms in total. The van der Waals surface area contributed by atoms with Crippen molar-refractivity contribution in [2.75, 3.05) is 12.0 Å². The third kappa shape index (κ3) is 4.84. The van der Waals surface area contributed by atoms with E-state index < -0.39 is 16.0 Å². The molecule has 0 amide bonds. The molecule has 1 unspecified atom stereocenters. The van der Waals surface area contributed by atoms with Crippen LogP contribution in [-0.2, 0) is 21.4 Å². The summed E-state index contributed by atoms with van der Waals surface area (Å²) in [6.45, 7) is 1.54.